The summed E-state index contributed by atoms with van der Waals surface area (Å²) in [5.41, 5.74) is -0.871. The fourth-order valence-corrected chi connectivity index (χ4v) is 1.49. The third kappa shape index (κ3) is 2.31. The van der Waals surface area contributed by atoms with Crippen molar-refractivity contribution in [3.63, 3.8) is 0 Å². The third-order valence-corrected chi connectivity index (χ3v) is 2.54. The van der Waals surface area contributed by atoms with Crippen LogP contribution >= 0.6 is 11.6 Å². The molecule has 0 saturated heterocycles. The summed E-state index contributed by atoms with van der Waals surface area (Å²) in [5.74, 6) is 0.848. The van der Waals surface area contributed by atoms with Crippen LogP contribution in [0.1, 0.15) is 6.92 Å². The molecule has 92 valence electrons. The Balaban J connectivity index is 2.44. The summed E-state index contributed by atoms with van der Waals surface area (Å²) >= 11 is 5.84. The summed E-state index contributed by atoms with van der Waals surface area (Å²) in [5, 5.41) is 25.6. The van der Waals surface area contributed by atoms with Gasteiger partial charge in [-0.2, -0.15) is 19.6 Å². The zero-order chi connectivity index (χ0) is 12.5. The SMILES string of the molecule is CC(CO)(CO)Nc1cc(Cl)nc2ncnn12. The molecule has 0 aliphatic rings. The van der Waals surface area contributed by atoms with E-state index >= 15 is 0 Å². The quantitative estimate of drug-likeness (QED) is 0.664. The Bertz CT molecular complexity index is 525. The van der Waals surface area contributed by atoms with Gasteiger partial charge < -0.3 is 15.5 Å². The van der Waals surface area contributed by atoms with Gasteiger partial charge in [-0.1, -0.05) is 11.6 Å². The van der Waals surface area contributed by atoms with Crippen LogP contribution in [0.4, 0.5) is 5.82 Å². The molecule has 0 aliphatic carbocycles. The van der Waals surface area contributed by atoms with E-state index in [0.29, 0.717) is 11.6 Å². The van der Waals surface area contributed by atoms with Crippen LogP contribution in [0.25, 0.3) is 5.78 Å². The first-order valence-corrected chi connectivity index (χ1v) is 5.32. The van der Waals surface area contributed by atoms with Crippen LogP contribution in [-0.4, -0.2) is 48.5 Å². The lowest BCUT2D eigenvalue weighted by Gasteiger charge is -2.27. The molecule has 0 bridgehead atoms. The van der Waals surface area contributed by atoms with Crippen molar-refractivity contribution in [2.75, 3.05) is 18.5 Å². The molecule has 17 heavy (non-hydrogen) atoms. The molecule has 0 fully saturated rings. The van der Waals surface area contributed by atoms with Crippen molar-refractivity contribution >= 4 is 23.2 Å². The number of nitrogens with zero attached hydrogens (tertiary/aromatic N) is 4. The summed E-state index contributed by atoms with van der Waals surface area (Å²) in [6, 6.07) is 1.55. The van der Waals surface area contributed by atoms with Crippen LogP contribution < -0.4 is 5.32 Å². The van der Waals surface area contributed by atoms with Crippen molar-refractivity contribution < 1.29 is 10.2 Å². The van der Waals surface area contributed by atoms with Gasteiger partial charge in [-0.15, -0.1) is 0 Å². The molecule has 0 saturated carbocycles. The molecule has 0 aromatic carbocycles. The van der Waals surface area contributed by atoms with E-state index in [1.165, 1.54) is 10.8 Å². The molecular weight excluding hydrogens is 246 g/mol. The Morgan fingerprint density at radius 1 is 1.47 bits per heavy atom. The molecule has 0 aliphatic heterocycles. The Labute approximate surface area is 102 Å². The van der Waals surface area contributed by atoms with E-state index in [2.05, 4.69) is 20.4 Å². The number of hydrogen-bond acceptors (Lipinski definition) is 6. The average molecular weight is 258 g/mol. The number of hydrogen-bond donors (Lipinski definition) is 3. The number of fused-ring (bicyclic) bond motifs is 1. The summed E-state index contributed by atoms with van der Waals surface area (Å²) in [6.07, 6.45) is 1.35. The minimum Gasteiger partial charge on any atom is -0.394 e. The number of aliphatic hydroxyl groups excluding tert-OH is 2. The molecule has 8 heteroatoms. The van der Waals surface area contributed by atoms with Gasteiger partial charge in [-0.3, -0.25) is 0 Å². The van der Waals surface area contributed by atoms with E-state index in [-0.39, 0.29) is 18.4 Å². The molecule has 2 rings (SSSR count). The van der Waals surface area contributed by atoms with Gasteiger partial charge in [0.1, 0.15) is 17.3 Å². The van der Waals surface area contributed by atoms with E-state index < -0.39 is 5.54 Å². The van der Waals surface area contributed by atoms with Crippen LogP contribution in [0.2, 0.25) is 5.15 Å². The Hall–Kier alpha value is -1.44. The summed E-state index contributed by atoms with van der Waals surface area (Å²) in [7, 11) is 0. The highest BCUT2D eigenvalue weighted by molar-refractivity contribution is 6.29. The molecule has 0 spiro atoms. The normalized spacial score (nSPS) is 12.0. The standard InChI is InChI=1S/C9H12ClN5O2/c1-9(3-16,4-17)14-7-2-6(10)13-8-11-5-12-15(7)8/h2,5,14,16-17H,3-4H2,1H3. The van der Waals surface area contributed by atoms with Crippen molar-refractivity contribution in [1.82, 2.24) is 19.6 Å². The number of aliphatic hydroxyl groups is 2. The fraction of sp³-hybridized carbons (Fsp3) is 0.444. The second-order valence-corrected chi connectivity index (χ2v) is 4.33. The van der Waals surface area contributed by atoms with Crippen LogP contribution in [0.15, 0.2) is 12.4 Å². The smallest absolute Gasteiger partial charge is 0.255 e. The highest BCUT2D eigenvalue weighted by Crippen LogP contribution is 2.18. The number of anilines is 1. The van der Waals surface area contributed by atoms with Crippen LogP contribution in [0, 0.1) is 0 Å². The van der Waals surface area contributed by atoms with Gasteiger partial charge >= 0.3 is 0 Å². The fourth-order valence-electron chi connectivity index (χ4n) is 1.31. The zero-order valence-corrected chi connectivity index (χ0v) is 9.89. The van der Waals surface area contributed by atoms with E-state index in [0.717, 1.165) is 0 Å². The molecule has 0 atom stereocenters. The topological polar surface area (TPSA) is 95.6 Å². The monoisotopic (exact) mass is 257 g/mol. The maximum atomic E-state index is 9.22. The van der Waals surface area contributed by atoms with Gasteiger partial charge in [0, 0.05) is 6.07 Å². The maximum Gasteiger partial charge on any atom is 0.255 e. The van der Waals surface area contributed by atoms with Crippen molar-refractivity contribution in [2.24, 2.45) is 0 Å². The van der Waals surface area contributed by atoms with Crippen molar-refractivity contribution in [3.05, 3.63) is 17.5 Å². The molecule has 2 heterocycles. The number of halogens is 1. The first kappa shape index (κ1) is 12.0. The van der Waals surface area contributed by atoms with Crippen molar-refractivity contribution in [3.8, 4) is 0 Å². The lowest BCUT2D eigenvalue weighted by Crippen LogP contribution is -2.43. The number of nitrogens with one attached hydrogen (secondary N) is 1. The van der Waals surface area contributed by atoms with Gasteiger partial charge in [0.15, 0.2) is 0 Å². The average Bonchev–Trinajstić information content (AvgIpc) is 2.77. The Morgan fingerprint density at radius 3 is 2.82 bits per heavy atom. The van der Waals surface area contributed by atoms with Crippen molar-refractivity contribution in [1.29, 1.82) is 0 Å². The van der Waals surface area contributed by atoms with Gasteiger partial charge in [0.05, 0.1) is 18.8 Å². The molecule has 0 radical (unpaired) electrons. The molecule has 3 N–H and O–H groups in total. The first-order valence-electron chi connectivity index (χ1n) is 4.94. The summed E-state index contributed by atoms with van der Waals surface area (Å²) < 4.78 is 1.44. The number of aromatic nitrogens is 4. The lowest BCUT2D eigenvalue weighted by molar-refractivity contribution is 0.147. The van der Waals surface area contributed by atoms with Gasteiger partial charge in [-0.25, -0.2) is 0 Å². The molecule has 0 unspecified atom stereocenters. The maximum absolute atomic E-state index is 9.22. The number of rotatable bonds is 4. The largest absolute Gasteiger partial charge is 0.394 e. The predicted octanol–water partition coefficient (Wildman–Crippen LogP) is -0.0671. The van der Waals surface area contributed by atoms with Gasteiger partial charge in [0.25, 0.3) is 5.78 Å². The lowest BCUT2D eigenvalue weighted by atomic mass is 10.1. The van der Waals surface area contributed by atoms with Gasteiger partial charge in [0.2, 0.25) is 0 Å². The van der Waals surface area contributed by atoms with Crippen molar-refractivity contribution in [2.45, 2.75) is 12.5 Å². The second-order valence-electron chi connectivity index (χ2n) is 3.94. The highest BCUT2D eigenvalue weighted by Gasteiger charge is 2.23. The predicted molar refractivity (Wildman–Crippen MR) is 62.0 cm³/mol. The zero-order valence-electron chi connectivity index (χ0n) is 9.13. The van der Waals surface area contributed by atoms with E-state index in [9.17, 15) is 10.2 Å². The van der Waals surface area contributed by atoms with Crippen LogP contribution in [-0.2, 0) is 0 Å². The molecule has 2 aromatic heterocycles. The molecule has 2 aromatic rings. The summed E-state index contributed by atoms with van der Waals surface area (Å²) in [6.45, 7) is 1.20. The first-order chi connectivity index (χ1) is 8.08. The second kappa shape index (κ2) is 4.44. The van der Waals surface area contributed by atoms with E-state index in [1.807, 2.05) is 0 Å². The minimum absolute atomic E-state index is 0.236. The molecular formula is C9H12ClN5O2. The molecule has 7 nitrogen and oxygen atoms in total. The van der Waals surface area contributed by atoms with Crippen LogP contribution in [0.3, 0.4) is 0 Å². The Kier molecular flexibility index (Phi) is 3.14. The van der Waals surface area contributed by atoms with E-state index in [1.54, 1.807) is 13.0 Å². The van der Waals surface area contributed by atoms with Crippen LogP contribution in [0.5, 0.6) is 0 Å². The highest BCUT2D eigenvalue weighted by atomic mass is 35.5. The summed E-state index contributed by atoms with van der Waals surface area (Å²) in [4.78, 5) is 7.88. The van der Waals surface area contributed by atoms with Gasteiger partial charge in [-0.05, 0) is 6.92 Å². The Morgan fingerprint density at radius 2 is 2.18 bits per heavy atom. The molecule has 0 amide bonds. The minimum atomic E-state index is -0.871. The van der Waals surface area contributed by atoms with E-state index in [4.69, 9.17) is 11.6 Å². The third-order valence-electron chi connectivity index (χ3n) is 2.35.